The summed E-state index contributed by atoms with van der Waals surface area (Å²) >= 11 is 0. The minimum atomic E-state index is -0.539. The Bertz CT molecular complexity index is 1350. The third-order valence-electron chi connectivity index (χ3n) is 6.36. The number of nitrogens with zero attached hydrogens (tertiary/aromatic N) is 5. The molecular formula is C26H29FN6O5. The van der Waals surface area contributed by atoms with Crippen molar-refractivity contribution in [1.82, 2.24) is 19.8 Å². The van der Waals surface area contributed by atoms with Gasteiger partial charge in [0, 0.05) is 56.4 Å². The second-order valence-corrected chi connectivity index (χ2v) is 9.00. The number of piperazine rings is 1. The first-order valence-electron chi connectivity index (χ1n) is 12.0. The van der Waals surface area contributed by atoms with E-state index in [4.69, 9.17) is 9.15 Å². The molecule has 12 heteroatoms. The van der Waals surface area contributed by atoms with Gasteiger partial charge in [0.25, 0.3) is 11.8 Å². The van der Waals surface area contributed by atoms with Crippen molar-refractivity contribution in [2.24, 2.45) is 0 Å². The summed E-state index contributed by atoms with van der Waals surface area (Å²) in [6.07, 6.45) is 2.69. The molecule has 2 aromatic heterocycles. The van der Waals surface area contributed by atoms with Crippen LogP contribution in [0.1, 0.15) is 33.5 Å². The van der Waals surface area contributed by atoms with E-state index in [2.05, 4.69) is 15.3 Å². The van der Waals surface area contributed by atoms with Gasteiger partial charge in [0.2, 0.25) is 11.8 Å². The van der Waals surface area contributed by atoms with Gasteiger partial charge in [0.1, 0.15) is 11.6 Å². The number of amides is 3. The molecule has 11 nitrogen and oxygen atoms in total. The first-order valence-corrected chi connectivity index (χ1v) is 12.0. The number of pyridine rings is 1. The SMILES string of the molecule is COc1cc(NC(=O)c2cc(F)ccc2N2CCN(C(=O)CN(C)C(=O)c3ncoc3C)[C@@H](C)C2)ccn1. The van der Waals surface area contributed by atoms with E-state index in [1.807, 2.05) is 11.8 Å². The van der Waals surface area contributed by atoms with Crippen LogP contribution in [0, 0.1) is 12.7 Å². The Morgan fingerprint density at radius 2 is 2.00 bits per heavy atom. The van der Waals surface area contributed by atoms with Gasteiger partial charge in [-0.1, -0.05) is 0 Å². The fourth-order valence-corrected chi connectivity index (χ4v) is 4.37. The van der Waals surface area contributed by atoms with Crippen LogP contribution in [0.2, 0.25) is 0 Å². The highest BCUT2D eigenvalue weighted by molar-refractivity contribution is 6.08. The molecule has 200 valence electrons. The van der Waals surface area contributed by atoms with Crippen molar-refractivity contribution in [1.29, 1.82) is 0 Å². The zero-order valence-corrected chi connectivity index (χ0v) is 21.6. The predicted octanol–water partition coefficient (Wildman–Crippen LogP) is 2.59. The van der Waals surface area contributed by atoms with Crippen LogP contribution in [-0.4, -0.2) is 83.9 Å². The van der Waals surface area contributed by atoms with Crippen LogP contribution in [0.15, 0.2) is 47.3 Å². The van der Waals surface area contributed by atoms with E-state index in [1.165, 1.54) is 43.8 Å². The topological polar surface area (TPSA) is 121 Å². The number of anilines is 2. The van der Waals surface area contributed by atoms with Gasteiger partial charge >= 0.3 is 0 Å². The van der Waals surface area contributed by atoms with E-state index in [0.29, 0.717) is 42.6 Å². The standard InChI is InChI=1S/C26H29FN6O5/c1-16-13-32(9-10-33(16)23(34)14-31(3)26(36)24-17(2)38-15-29-24)21-6-5-18(27)11-20(21)25(35)30-19-7-8-28-22(12-19)37-4/h5-8,11-12,15-16H,9-10,13-14H2,1-4H3,(H,28,30,35)/t16-/m0/s1. The highest BCUT2D eigenvalue weighted by Gasteiger charge is 2.31. The number of ether oxygens (including phenoxy) is 1. The van der Waals surface area contributed by atoms with Crippen molar-refractivity contribution in [2.45, 2.75) is 19.9 Å². The van der Waals surface area contributed by atoms with Crippen LogP contribution in [0.4, 0.5) is 15.8 Å². The molecule has 38 heavy (non-hydrogen) atoms. The third kappa shape index (κ3) is 5.74. The summed E-state index contributed by atoms with van der Waals surface area (Å²) in [5.41, 5.74) is 1.35. The molecular weight excluding hydrogens is 495 g/mol. The normalized spacial score (nSPS) is 15.2. The van der Waals surface area contributed by atoms with Gasteiger partial charge in [-0.2, -0.15) is 0 Å². The lowest BCUT2D eigenvalue weighted by Crippen LogP contribution is -2.56. The summed E-state index contributed by atoms with van der Waals surface area (Å²) in [6.45, 7) is 4.61. The lowest BCUT2D eigenvalue weighted by atomic mass is 10.1. The van der Waals surface area contributed by atoms with Crippen LogP contribution >= 0.6 is 0 Å². The number of halogens is 1. The fraction of sp³-hybridized carbons (Fsp3) is 0.346. The lowest BCUT2D eigenvalue weighted by Gasteiger charge is -2.42. The minimum Gasteiger partial charge on any atom is -0.481 e. The Hall–Kier alpha value is -4.48. The molecule has 4 rings (SSSR count). The zero-order valence-electron chi connectivity index (χ0n) is 21.6. The summed E-state index contributed by atoms with van der Waals surface area (Å²) in [6, 6.07) is 7.01. The molecule has 1 aliphatic rings. The number of carbonyl (C=O) groups is 3. The number of oxazole rings is 1. The van der Waals surface area contributed by atoms with Crippen LogP contribution in [-0.2, 0) is 4.79 Å². The summed E-state index contributed by atoms with van der Waals surface area (Å²) < 4.78 is 24.3. The molecule has 0 aliphatic carbocycles. The molecule has 3 aromatic rings. The van der Waals surface area contributed by atoms with Gasteiger partial charge in [-0.3, -0.25) is 14.4 Å². The van der Waals surface area contributed by atoms with Crippen LogP contribution in [0.3, 0.4) is 0 Å². The van der Waals surface area contributed by atoms with E-state index in [9.17, 15) is 18.8 Å². The number of rotatable bonds is 7. The maximum absolute atomic E-state index is 14.2. The van der Waals surface area contributed by atoms with Crippen LogP contribution in [0.25, 0.3) is 0 Å². The summed E-state index contributed by atoms with van der Waals surface area (Å²) in [5.74, 6) is -0.910. The molecule has 0 bridgehead atoms. The van der Waals surface area contributed by atoms with E-state index >= 15 is 0 Å². The minimum absolute atomic E-state index is 0.116. The number of carbonyl (C=O) groups excluding carboxylic acids is 3. The molecule has 0 saturated carbocycles. The molecule has 1 N–H and O–H groups in total. The lowest BCUT2D eigenvalue weighted by molar-refractivity contribution is -0.134. The Morgan fingerprint density at radius 3 is 2.68 bits per heavy atom. The second-order valence-electron chi connectivity index (χ2n) is 9.00. The molecule has 1 atom stereocenters. The maximum Gasteiger partial charge on any atom is 0.276 e. The van der Waals surface area contributed by atoms with Gasteiger partial charge in [0.15, 0.2) is 12.1 Å². The second kappa shape index (κ2) is 11.3. The van der Waals surface area contributed by atoms with Crippen molar-refractivity contribution < 1.29 is 27.9 Å². The number of hydrogen-bond acceptors (Lipinski definition) is 8. The quantitative estimate of drug-likeness (QED) is 0.501. The molecule has 0 unspecified atom stereocenters. The summed E-state index contributed by atoms with van der Waals surface area (Å²) in [7, 11) is 3.01. The smallest absolute Gasteiger partial charge is 0.276 e. The molecule has 0 spiro atoms. The Morgan fingerprint density at radius 1 is 1.21 bits per heavy atom. The predicted molar refractivity (Wildman–Crippen MR) is 137 cm³/mol. The van der Waals surface area contributed by atoms with Gasteiger partial charge in [-0.25, -0.2) is 14.4 Å². The summed E-state index contributed by atoms with van der Waals surface area (Å²) in [4.78, 5) is 51.6. The van der Waals surface area contributed by atoms with Gasteiger partial charge in [-0.05, 0) is 38.1 Å². The molecule has 1 aliphatic heterocycles. The fourth-order valence-electron chi connectivity index (χ4n) is 4.37. The first kappa shape index (κ1) is 26.6. The van der Waals surface area contributed by atoms with Crippen LogP contribution < -0.4 is 15.0 Å². The molecule has 1 fully saturated rings. The molecule has 1 saturated heterocycles. The Labute approximate surface area is 219 Å². The van der Waals surface area contributed by atoms with Crippen molar-refractivity contribution in [2.75, 3.05) is 50.6 Å². The number of benzene rings is 1. The highest BCUT2D eigenvalue weighted by atomic mass is 19.1. The molecule has 3 heterocycles. The Balaban J connectivity index is 1.44. The van der Waals surface area contributed by atoms with Crippen LogP contribution in [0.5, 0.6) is 5.88 Å². The van der Waals surface area contributed by atoms with Gasteiger partial charge < -0.3 is 29.2 Å². The zero-order chi connectivity index (χ0) is 27.4. The molecule has 1 aromatic carbocycles. The Kier molecular flexibility index (Phi) is 7.89. The largest absolute Gasteiger partial charge is 0.481 e. The number of likely N-dealkylation sites (N-methyl/N-ethyl adjacent to an activating group) is 1. The highest BCUT2D eigenvalue weighted by Crippen LogP contribution is 2.26. The van der Waals surface area contributed by atoms with Gasteiger partial charge in [-0.15, -0.1) is 0 Å². The summed E-state index contributed by atoms with van der Waals surface area (Å²) in [5, 5.41) is 2.76. The van der Waals surface area contributed by atoms with Gasteiger partial charge in [0.05, 0.1) is 19.2 Å². The van der Waals surface area contributed by atoms with E-state index in [0.717, 1.165) is 0 Å². The molecule has 0 radical (unpaired) electrons. The average Bonchev–Trinajstić information content (AvgIpc) is 3.33. The first-order chi connectivity index (χ1) is 18.2. The number of nitrogens with one attached hydrogen (secondary N) is 1. The third-order valence-corrected chi connectivity index (χ3v) is 6.36. The monoisotopic (exact) mass is 524 g/mol. The van der Waals surface area contributed by atoms with Crippen molar-refractivity contribution in [3.05, 3.63) is 65.8 Å². The average molecular weight is 525 g/mol. The van der Waals surface area contributed by atoms with E-state index in [1.54, 1.807) is 30.0 Å². The maximum atomic E-state index is 14.2. The number of hydrogen-bond donors (Lipinski definition) is 1. The number of methoxy groups -OCH3 is 1. The van der Waals surface area contributed by atoms with E-state index < -0.39 is 17.6 Å². The molecule has 3 amide bonds. The van der Waals surface area contributed by atoms with Crippen molar-refractivity contribution >= 4 is 29.1 Å². The number of aryl methyl sites for hydroxylation is 1. The van der Waals surface area contributed by atoms with Crippen molar-refractivity contribution in [3.8, 4) is 5.88 Å². The van der Waals surface area contributed by atoms with Crippen molar-refractivity contribution in [3.63, 3.8) is 0 Å². The number of aromatic nitrogens is 2. The van der Waals surface area contributed by atoms with E-state index in [-0.39, 0.29) is 29.8 Å².